The third kappa shape index (κ3) is 6.66. The zero-order valence-corrected chi connectivity index (χ0v) is 19.1. The van der Waals surface area contributed by atoms with Crippen molar-refractivity contribution in [3.05, 3.63) is 57.6 Å². The van der Waals surface area contributed by atoms with Gasteiger partial charge in [0.25, 0.3) is 5.69 Å². The minimum Gasteiger partial charge on any atom is -0.507 e. The average Bonchev–Trinajstić information content (AvgIpc) is 2.88. The summed E-state index contributed by atoms with van der Waals surface area (Å²) in [4.78, 5) is 17.4. The highest BCUT2D eigenvalue weighted by molar-refractivity contribution is 5.85. The Bertz CT molecular complexity index is 1050. The number of aromatic hydroxyl groups is 1. The zero-order valence-electron chi connectivity index (χ0n) is 19.1. The first-order chi connectivity index (χ1) is 16.6. The van der Waals surface area contributed by atoms with E-state index in [9.17, 15) is 15.2 Å². The summed E-state index contributed by atoms with van der Waals surface area (Å²) in [5, 5.41) is 30.4. The Morgan fingerprint density at radius 3 is 2.38 bits per heavy atom. The Labute approximate surface area is 198 Å². The summed E-state index contributed by atoms with van der Waals surface area (Å²) in [6.45, 7) is 5.26. The van der Waals surface area contributed by atoms with Gasteiger partial charge in [-0.3, -0.25) is 20.0 Å². The average molecular weight is 468 g/mol. The van der Waals surface area contributed by atoms with Crippen LogP contribution >= 0.6 is 0 Å². The topological polar surface area (TPSA) is 122 Å². The highest BCUT2D eigenvalue weighted by Crippen LogP contribution is 2.31. The van der Waals surface area contributed by atoms with Gasteiger partial charge in [-0.2, -0.15) is 10.2 Å². The number of fused-ring (bicyclic) bond motifs is 7. The lowest BCUT2D eigenvalue weighted by Gasteiger charge is -2.22. The van der Waals surface area contributed by atoms with Crippen molar-refractivity contribution in [2.45, 2.75) is 19.3 Å². The van der Waals surface area contributed by atoms with E-state index in [1.54, 1.807) is 12.1 Å². The zero-order chi connectivity index (χ0) is 23.8. The van der Waals surface area contributed by atoms with E-state index in [0.29, 0.717) is 57.2 Å². The molecule has 0 amide bonds. The van der Waals surface area contributed by atoms with Gasteiger partial charge in [0, 0.05) is 50.4 Å². The maximum Gasteiger partial charge on any atom is 0.269 e. The predicted molar refractivity (Wildman–Crippen MR) is 128 cm³/mol. The monoisotopic (exact) mass is 467 g/mol. The Hall–Kier alpha value is -3.21. The van der Waals surface area contributed by atoms with Crippen LogP contribution in [-0.4, -0.2) is 73.2 Å². The van der Waals surface area contributed by atoms with Crippen molar-refractivity contribution in [2.24, 2.45) is 15.2 Å². The van der Waals surface area contributed by atoms with Gasteiger partial charge < -0.3 is 14.6 Å². The van der Waals surface area contributed by atoms with Gasteiger partial charge in [-0.25, -0.2) is 0 Å². The lowest BCUT2D eigenvalue weighted by molar-refractivity contribution is -0.384. The van der Waals surface area contributed by atoms with E-state index in [0.717, 1.165) is 42.9 Å². The number of nitro benzene ring substituents is 1. The van der Waals surface area contributed by atoms with Gasteiger partial charge >= 0.3 is 0 Å². The fraction of sp³-hybridized carbons (Fsp3) is 0.458. The highest BCUT2D eigenvalue weighted by Gasteiger charge is 2.15. The van der Waals surface area contributed by atoms with Gasteiger partial charge in [0.2, 0.25) is 0 Å². The minimum absolute atomic E-state index is 0.00514. The van der Waals surface area contributed by atoms with Gasteiger partial charge in [-0.05, 0) is 48.2 Å². The quantitative estimate of drug-likeness (QED) is 0.414. The summed E-state index contributed by atoms with van der Waals surface area (Å²) in [7, 11) is 0. The number of ether oxygens (including phenoxy) is 2. The van der Waals surface area contributed by atoms with Crippen molar-refractivity contribution in [1.82, 2.24) is 4.90 Å². The molecule has 1 unspecified atom stereocenters. The molecule has 2 heterocycles. The third-order valence-corrected chi connectivity index (χ3v) is 5.92. The maximum atomic E-state index is 11.0. The van der Waals surface area contributed by atoms with Crippen LogP contribution in [0.25, 0.3) is 0 Å². The van der Waals surface area contributed by atoms with E-state index < -0.39 is 4.92 Å². The number of azo groups is 1. The Morgan fingerprint density at radius 1 is 0.912 bits per heavy atom. The molecule has 1 fully saturated rings. The molecule has 0 spiro atoms. The molecule has 2 aliphatic rings. The molecule has 10 heteroatoms. The molecule has 2 aromatic carbocycles. The highest BCUT2D eigenvalue weighted by atomic mass is 16.6. The van der Waals surface area contributed by atoms with E-state index in [1.807, 2.05) is 12.1 Å². The van der Waals surface area contributed by atoms with Gasteiger partial charge in [0.1, 0.15) is 5.75 Å². The van der Waals surface area contributed by atoms with Crippen LogP contribution in [0, 0.1) is 10.1 Å². The van der Waals surface area contributed by atoms with Crippen molar-refractivity contribution >= 4 is 22.8 Å². The minimum atomic E-state index is -0.449. The van der Waals surface area contributed by atoms with Crippen molar-refractivity contribution in [2.75, 3.05) is 52.6 Å². The molecule has 2 aliphatic heterocycles. The summed E-state index contributed by atoms with van der Waals surface area (Å²) in [6.07, 6.45) is 1.95. The number of non-ortho nitro benzene ring substituents is 1. The van der Waals surface area contributed by atoms with E-state index in [2.05, 4.69) is 15.1 Å². The molecular formula is C24H29N5O5. The molecule has 1 saturated heterocycles. The number of phenolic OH excluding ortho intramolecular Hbond substituents is 1. The second kappa shape index (κ2) is 11.8. The number of phenols is 1. The van der Waals surface area contributed by atoms with Crippen molar-refractivity contribution in [1.29, 1.82) is 0 Å². The molecule has 4 rings (SSSR count). The van der Waals surface area contributed by atoms with Gasteiger partial charge in [-0.15, -0.1) is 0 Å². The first-order valence-electron chi connectivity index (χ1n) is 11.5. The second-order valence-electron chi connectivity index (χ2n) is 8.29. The van der Waals surface area contributed by atoms with Crippen molar-refractivity contribution in [3.8, 4) is 5.75 Å². The number of nitrogens with zero attached hydrogens (tertiary/aromatic N) is 5. The normalized spacial score (nSPS) is 21.6. The van der Waals surface area contributed by atoms with Crippen LogP contribution < -0.4 is 0 Å². The molecule has 0 radical (unpaired) electrons. The van der Waals surface area contributed by atoms with Crippen LogP contribution in [-0.2, 0) is 22.3 Å². The Balaban J connectivity index is 1.61. The fourth-order valence-corrected chi connectivity index (χ4v) is 3.95. The number of benzene rings is 2. The summed E-state index contributed by atoms with van der Waals surface area (Å²) >= 11 is 0. The first-order valence-corrected chi connectivity index (χ1v) is 11.5. The SMILES string of the molecule is O=[N+]([O-])c1ccc(/N=N/c2cc3c(O)c(c2)CCN2CCOCC/C(=N\CC3)COCC2)cc1. The van der Waals surface area contributed by atoms with Gasteiger partial charge in [-0.1, -0.05) is 0 Å². The summed E-state index contributed by atoms with van der Waals surface area (Å²) in [5.74, 6) is 0.283. The van der Waals surface area contributed by atoms with Crippen LogP contribution in [0.1, 0.15) is 17.5 Å². The summed E-state index contributed by atoms with van der Waals surface area (Å²) in [6, 6.07) is 9.58. The van der Waals surface area contributed by atoms with Crippen LogP contribution in [0.2, 0.25) is 0 Å². The smallest absolute Gasteiger partial charge is 0.269 e. The molecule has 4 bridgehead atoms. The molecule has 0 aromatic heterocycles. The number of aliphatic imine (C=N–C) groups is 1. The molecule has 0 saturated carbocycles. The van der Waals surface area contributed by atoms with E-state index in [1.165, 1.54) is 12.1 Å². The largest absolute Gasteiger partial charge is 0.507 e. The van der Waals surface area contributed by atoms with Crippen LogP contribution in [0.3, 0.4) is 0 Å². The molecule has 1 atom stereocenters. The van der Waals surface area contributed by atoms with Crippen LogP contribution in [0.15, 0.2) is 51.6 Å². The molecule has 2 aromatic rings. The van der Waals surface area contributed by atoms with Gasteiger partial charge in [0.15, 0.2) is 0 Å². The second-order valence-corrected chi connectivity index (χ2v) is 8.29. The molecule has 34 heavy (non-hydrogen) atoms. The number of rotatable bonds is 3. The fourth-order valence-electron chi connectivity index (χ4n) is 3.95. The molecule has 10 nitrogen and oxygen atoms in total. The first kappa shape index (κ1) is 23.9. The summed E-state index contributed by atoms with van der Waals surface area (Å²) < 4.78 is 11.6. The molecule has 180 valence electrons. The van der Waals surface area contributed by atoms with Crippen molar-refractivity contribution < 1.29 is 19.5 Å². The van der Waals surface area contributed by atoms with Crippen LogP contribution in [0.4, 0.5) is 17.1 Å². The maximum absolute atomic E-state index is 11.0. The Morgan fingerprint density at radius 2 is 1.62 bits per heavy atom. The number of hydrogen-bond donors (Lipinski definition) is 1. The Kier molecular flexibility index (Phi) is 8.29. The van der Waals surface area contributed by atoms with Crippen LogP contribution in [0.5, 0.6) is 5.75 Å². The number of hydrogen-bond acceptors (Lipinski definition) is 9. The van der Waals surface area contributed by atoms with E-state index in [-0.39, 0.29) is 11.4 Å². The lowest BCUT2D eigenvalue weighted by atomic mass is 10.0. The lowest BCUT2D eigenvalue weighted by Crippen LogP contribution is -2.33. The predicted octanol–water partition coefficient (Wildman–Crippen LogP) is 3.99. The summed E-state index contributed by atoms with van der Waals surface area (Å²) in [5.41, 5.74) is 3.69. The van der Waals surface area contributed by atoms with E-state index in [4.69, 9.17) is 14.5 Å². The van der Waals surface area contributed by atoms with Gasteiger partial charge in [0.05, 0.1) is 42.7 Å². The standard InChI is InChI=1S/C24H29N5O5/c30-24-18-5-8-25-21-7-12-33-13-10-28(11-14-34-17-21)9-6-19(24)16-22(15-18)27-26-20-1-3-23(4-2-20)29(31)32/h1-4,15-16,30H,5-14,17H2/b25-21+,27-26+. The van der Waals surface area contributed by atoms with Crippen molar-refractivity contribution in [3.63, 3.8) is 0 Å². The molecular weight excluding hydrogens is 438 g/mol. The third-order valence-electron chi connectivity index (χ3n) is 5.92. The molecule has 1 N–H and O–H groups in total. The molecule has 0 aliphatic carbocycles. The number of nitro groups is 1. The van der Waals surface area contributed by atoms with E-state index >= 15 is 0 Å².